The van der Waals surface area contributed by atoms with Gasteiger partial charge in [-0.15, -0.1) is 0 Å². The molecule has 4 aromatic rings. The Balaban J connectivity index is 1.77. The van der Waals surface area contributed by atoms with E-state index in [0.717, 1.165) is 16.6 Å². The van der Waals surface area contributed by atoms with E-state index >= 15 is 0 Å². The Morgan fingerprint density at radius 2 is 1.50 bits per heavy atom. The molecule has 0 N–H and O–H groups in total. The molecular weight excluding hydrogens is 350 g/mol. The Bertz CT molecular complexity index is 1150. The average Bonchev–Trinajstić information content (AvgIpc) is 2.76. The van der Waals surface area contributed by atoms with Gasteiger partial charge in [0.1, 0.15) is 6.54 Å². The van der Waals surface area contributed by atoms with E-state index in [9.17, 15) is 9.59 Å². The molecule has 0 saturated carbocycles. The van der Waals surface area contributed by atoms with Crippen LogP contribution in [-0.2, 0) is 11.3 Å². The molecule has 1 atom stereocenters. The van der Waals surface area contributed by atoms with Crippen LogP contribution in [0.3, 0.4) is 0 Å². The molecule has 2 aromatic carbocycles. The second-order valence-corrected chi connectivity index (χ2v) is 6.91. The Hall–Kier alpha value is -3.47. The zero-order valence-corrected chi connectivity index (χ0v) is 15.9. The molecule has 0 fully saturated rings. The number of hydrogen-bond donors (Lipinski definition) is 0. The lowest BCUT2D eigenvalue weighted by atomic mass is 10.1. The van der Waals surface area contributed by atoms with E-state index in [1.54, 1.807) is 24.3 Å². The predicted octanol–water partition coefficient (Wildman–Crippen LogP) is 3.77. The minimum atomic E-state index is -0.0765. The molecule has 2 heterocycles. The number of hydrogen-bond acceptors (Lipinski definition) is 3. The quantitative estimate of drug-likeness (QED) is 0.513. The number of rotatable bonds is 4. The van der Waals surface area contributed by atoms with Gasteiger partial charge >= 0.3 is 0 Å². The lowest BCUT2D eigenvalue weighted by molar-refractivity contribution is -0.132. The van der Waals surface area contributed by atoms with Crippen LogP contribution in [0.5, 0.6) is 0 Å². The molecule has 28 heavy (non-hydrogen) atoms. The molecule has 5 heteroatoms. The first-order chi connectivity index (χ1) is 13.6. The van der Waals surface area contributed by atoms with Crippen LogP contribution in [0.4, 0.5) is 0 Å². The van der Waals surface area contributed by atoms with Gasteiger partial charge in [-0.25, -0.2) is 0 Å². The number of aromatic nitrogens is 2. The summed E-state index contributed by atoms with van der Waals surface area (Å²) in [6.07, 6.45) is 3.46. The van der Waals surface area contributed by atoms with Crippen molar-refractivity contribution in [1.82, 2.24) is 14.5 Å². The summed E-state index contributed by atoms with van der Waals surface area (Å²) in [6, 6.07) is 18.6. The molecule has 1 amide bonds. The van der Waals surface area contributed by atoms with Gasteiger partial charge in [0.25, 0.3) is 0 Å². The van der Waals surface area contributed by atoms with Crippen LogP contribution in [0.25, 0.3) is 21.8 Å². The minimum absolute atomic E-state index is 0.00610. The third-order valence-electron chi connectivity index (χ3n) is 5.34. The fourth-order valence-corrected chi connectivity index (χ4v) is 3.58. The number of carbonyl (C=O) groups excluding carboxylic acids is 1. The van der Waals surface area contributed by atoms with Gasteiger partial charge in [-0.2, -0.15) is 0 Å². The molecular formula is C23H21N3O2. The van der Waals surface area contributed by atoms with Gasteiger partial charge < -0.3 is 9.47 Å². The highest BCUT2D eigenvalue weighted by Crippen LogP contribution is 2.22. The van der Waals surface area contributed by atoms with E-state index < -0.39 is 0 Å². The standard InChI is InChI=1S/C23H21N3O2/c1-16(17-11-13-24-14-12-17)25(2)22(27)15-26-20-9-5-3-7-18(20)23(28)19-8-4-6-10-21(19)26/h3-14,16H,15H2,1-2H3. The number of carbonyl (C=O) groups is 1. The van der Waals surface area contributed by atoms with E-state index in [-0.39, 0.29) is 23.9 Å². The first-order valence-electron chi connectivity index (χ1n) is 9.24. The normalized spacial score (nSPS) is 12.2. The van der Waals surface area contributed by atoms with Gasteiger partial charge in [0.15, 0.2) is 5.43 Å². The molecule has 1 unspecified atom stereocenters. The average molecular weight is 371 g/mol. The van der Waals surface area contributed by atoms with Crippen LogP contribution in [0.2, 0.25) is 0 Å². The van der Waals surface area contributed by atoms with Crippen molar-refractivity contribution in [2.45, 2.75) is 19.5 Å². The lowest BCUT2D eigenvalue weighted by Gasteiger charge is -2.26. The number of pyridine rings is 2. The molecule has 140 valence electrons. The maximum absolute atomic E-state index is 13.1. The summed E-state index contributed by atoms with van der Waals surface area (Å²) in [5, 5.41) is 1.25. The van der Waals surface area contributed by atoms with Gasteiger partial charge in [-0.05, 0) is 48.9 Å². The van der Waals surface area contributed by atoms with Gasteiger partial charge in [0, 0.05) is 30.2 Å². The van der Waals surface area contributed by atoms with E-state index in [4.69, 9.17) is 0 Å². The first-order valence-corrected chi connectivity index (χ1v) is 9.24. The summed E-state index contributed by atoms with van der Waals surface area (Å²) in [7, 11) is 1.81. The molecule has 0 radical (unpaired) electrons. The van der Waals surface area contributed by atoms with Crippen molar-refractivity contribution < 1.29 is 4.79 Å². The van der Waals surface area contributed by atoms with Gasteiger partial charge in [0.05, 0.1) is 17.1 Å². The summed E-state index contributed by atoms with van der Waals surface area (Å²) in [6.45, 7) is 2.15. The van der Waals surface area contributed by atoms with E-state index in [2.05, 4.69) is 4.98 Å². The van der Waals surface area contributed by atoms with Crippen LogP contribution in [-0.4, -0.2) is 27.4 Å². The van der Waals surface area contributed by atoms with Gasteiger partial charge in [-0.1, -0.05) is 24.3 Å². The Kier molecular flexibility index (Phi) is 4.65. The Labute approximate surface area is 162 Å². The maximum Gasteiger partial charge on any atom is 0.242 e. The van der Waals surface area contributed by atoms with Crippen molar-refractivity contribution >= 4 is 27.7 Å². The summed E-state index contributed by atoms with van der Waals surface area (Å²) in [5.41, 5.74) is 2.56. The molecule has 0 aliphatic rings. The molecule has 4 rings (SSSR count). The Morgan fingerprint density at radius 3 is 2.07 bits per heavy atom. The number of fused-ring (bicyclic) bond motifs is 2. The zero-order chi connectivity index (χ0) is 19.7. The summed E-state index contributed by atoms with van der Waals surface area (Å²) in [5.74, 6) is -0.0248. The van der Waals surface area contributed by atoms with Crippen molar-refractivity contribution in [1.29, 1.82) is 0 Å². The topological polar surface area (TPSA) is 55.2 Å². The molecule has 0 aliphatic heterocycles. The summed E-state index contributed by atoms with van der Waals surface area (Å²) in [4.78, 5) is 31.7. The van der Waals surface area contributed by atoms with E-state index in [1.165, 1.54) is 0 Å². The van der Waals surface area contributed by atoms with Crippen LogP contribution in [0, 0.1) is 0 Å². The smallest absolute Gasteiger partial charge is 0.242 e. The number of nitrogens with zero attached hydrogens (tertiary/aromatic N) is 3. The maximum atomic E-state index is 13.1. The van der Waals surface area contributed by atoms with Crippen molar-refractivity contribution in [3.8, 4) is 0 Å². The highest BCUT2D eigenvalue weighted by atomic mass is 16.2. The second-order valence-electron chi connectivity index (χ2n) is 6.91. The van der Waals surface area contributed by atoms with E-state index in [0.29, 0.717) is 10.8 Å². The van der Waals surface area contributed by atoms with Crippen LogP contribution >= 0.6 is 0 Å². The van der Waals surface area contributed by atoms with Crippen molar-refractivity contribution in [2.24, 2.45) is 0 Å². The first kappa shape index (κ1) is 17.9. The molecule has 0 spiro atoms. The van der Waals surface area contributed by atoms with Crippen LogP contribution in [0.15, 0.2) is 77.9 Å². The molecule has 5 nitrogen and oxygen atoms in total. The highest BCUT2D eigenvalue weighted by Gasteiger charge is 2.19. The van der Waals surface area contributed by atoms with Crippen molar-refractivity contribution in [3.05, 3.63) is 88.8 Å². The SMILES string of the molecule is CC(c1ccncc1)N(C)C(=O)Cn1c2ccccc2c(=O)c2ccccc21. The molecule has 0 saturated heterocycles. The van der Waals surface area contributed by atoms with Crippen molar-refractivity contribution in [2.75, 3.05) is 7.05 Å². The fraction of sp³-hybridized carbons (Fsp3) is 0.174. The number of likely N-dealkylation sites (N-methyl/N-ethyl adjacent to an activating group) is 1. The lowest BCUT2D eigenvalue weighted by Crippen LogP contribution is -2.33. The van der Waals surface area contributed by atoms with Gasteiger partial charge in [-0.3, -0.25) is 14.6 Å². The third-order valence-corrected chi connectivity index (χ3v) is 5.34. The highest BCUT2D eigenvalue weighted by molar-refractivity contribution is 5.94. The van der Waals surface area contributed by atoms with Crippen LogP contribution < -0.4 is 5.43 Å². The minimum Gasteiger partial charge on any atom is -0.337 e. The largest absolute Gasteiger partial charge is 0.337 e. The summed E-state index contributed by atoms with van der Waals surface area (Å²) < 4.78 is 1.93. The molecule has 2 aromatic heterocycles. The summed E-state index contributed by atoms with van der Waals surface area (Å²) >= 11 is 0. The number of para-hydroxylation sites is 2. The van der Waals surface area contributed by atoms with Gasteiger partial charge in [0.2, 0.25) is 5.91 Å². The van der Waals surface area contributed by atoms with Crippen molar-refractivity contribution in [3.63, 3.8) is 0 Å². The monoisotopic (exact) mass is 371 g/mol. The molecule has 0 bridgehead atoms. The number of benzene rings is 2. The van der Waals surface area contributed by atoms with E-state index in [1.807, 2.05) is 72.2 Å². The fourth-order valence-electron chi connectivity index (χ4n) is 3.58. The van der Waals surface area contributed by atoms with Crippen LogP contribution in [0.1, 0.15) is 18.5 Å². The number of amides is 1. The second kappa shape index (κ2) is 7.27. The Morgan fingerprint density at radius 1 is 0.964 bits per heavy atom. The third kappa shape index (κ3) is 3.05. The predicted molar refractivity (Wildman–Crippen MR) is 111 cm³/mol. The molecule has 0 aliphatic carbocycles. The zero-order valence-electron chi connectivity index (χ0n) is 15.9.